The third kappa shape index (κ3) is 3.67. The van der Waals surface area contributed by atoms with E-state index in [2.05, 4.69) is 24.4 Å². The molecular formula is C23H26N2O3. The van der Waals surface area contributed by atoms with Gasteiger partial charge in [0.2, 0.25) is 5.91 Å². The van der Waals surface area contributed by atoms with E-state index < -0.39 is 6.04 Å². The summed E-state index contributed by atoms with van der Waals surface area (Å²) in [4.78, 5) is 27.7. The van der Waals surface area contributed by atoms with Crippen molar-refractivity contribution in [1.82, 2.24) is 10.2 Å². The van der Waals surface area contributed by atoms with E-state index in [1.54, 1.807) is 11.0 Å². The zero-order chi connectivity index (χ0) is 19.5. The zero-order valence-corrected chi connectivity index (χ0v) is 16.2. The number of amides is 2. The van der Waals surface area contributed by atoms with Crippen LogP contribution >= 0.6 is 0 Å². The van der Waals surface area contributed by atoms with Gasteiger partial charge in [-0.15, -0.1) is 0 Å². The van der Waals surface area contributed by atoms with Gasteiger partial charge in [-0.3, -0.25) is 9.59 Å². The number of carbonyl (C=O) groups is 2. The Labute approximate surface area is 165 Å². The van der Waals surface area contributed by atoms with Crippen molar-refractivity contribution in [2.45, 2.75) is 44.9 Å². The van der Waals surface area contributed by atoms with Crippen LogP contribution in [0.25, 0.3) is 0 Å². The molecule has 5 heteroatoms. The molecule has 2 heterocycles. The average molecular weight is 378 g/mol. The van der Waals surface area contributed by atoms with Gasteiger partial charge < -0.3 is 15.0 Å². The Bertz CT molecular complexity index is 856. The molecule has 2 atom stereocenters. The fourth-order valence-corrected chi connectivity index (χ4v) is 4.01. The summed E-state index contributed by atoms with van der Waals surface area (Å²) < 4.78 is 5.61. The summed E-state index contributed by atoms with van der Waals surface area (Å²) in [5.74, 6) is -0.230. The number of aryl methyl sites for hydroxylation is 1. The maximum Gasteiger partial charge on any atom is 0.255 e. The minimum absolute atomic E-state index is 0.0753. The van der Waals surface area contributed by atoms with Crippen LogP contribution in [0.3, 0.4) is 0 Å². The molecule has 5 nitrogen and oxygen atoms in total. The van der Waals surface area contributed by atoms with Crippen LogP contribution in [0.5, 0.6) is 0 Å². The third-order valence-corrected chi connectivity index (χ3v) is 5.62. The van der Waals surface area contributed by atoms with E-state index in [0.29, 0.717) is 18.7 Å². The van der Waals surface area contributed by atoms with Crippen LogP contribution in [0.1, 0.15) is 52.9 Å². The highest BCUT2D eigenvalue weighted by atomic mass is 16.5. The first kappa shape index (κ1) is 18.7. The first-order chi connectivity index (χ1) is 13.7. The summed E-state index contributed by atoms with van der Waals surface area (Å²) in [5, 5.41) is 3.00. The summed E-state index contributed by atoms with van der Waals surface area (Å²) >= 11 is 0. The molecule has 0 unspecified atom stereocenters. The van der Waals surface area contributed by atoms with Gasteiger partial charge in [-0.05, 0) is 42.0 Å². The number of nitrogens with one attached hydrogen (secondary N) is 1. The van der Waals surface area contributed by atoms with Gasteiger partial charge in [0.25, 0.3) is 5.91 Å². The first-order valence-electron chi connectivity index (χ1n) is 10.0. The highest BCUT2D eigenvalue weighted by molar-refractivity contribution is 6.04. The second kappa shape index (κ2) is 8.15. The van der Waals surface area contributed by atoms with Crippen LogP contribution in [0.2, 0.25) is 0 Å². The Hall–Kier alpha value is -2.66. The van der Waals surface area contributed by atoms with Crippen molar-refractivity contribution in [3.05, 3.63) is 70.8 Å². The second-order valence-electron chi connectivity index (χ2n) is 7.47. The molecule has 2 aliphatic rings. The number of carbonyl (C=O) groups excluding carboxylic acids is 2. The number of hydrogen-bond donors (Lipinski definition) is 1. The molecule has 2 aromatic carbocycles. The van der Waals surface area contributed by atoms with Crippen molar-refractivity contribution in [3.8, 4) is 0 Å². The largest absolute Gasteiger partial charge is 0.376 e. The maximum atomic E-state index is 13.1. The fraction of sp³-hybridized carbons (Fsp3) is 0.391. The predicted octanol–water partition coefficient (Wildman–Crippen LogP) is 3.24. The maximum absolute atomic E-state index is 13.1. The van der Waals surface area contributed by atoms with Gasteiger partial charge in [0.15, 0.2) is 0 Å². The van der Waals surface area contributed by atoms with Crippen molar-refractivity contribution in [2.24, 2.45) is 0 Å². The monoisotopic (exact) mass is 378 g/mol. The van der Waals surface area contributed by atoms with Gasteiger partial charge in [-0.2, -0.15) is 0 Å². The number of nitrogens with zero attached hydrogens (tertiary/aromatic N) is 1. The minimum Gasteiger partial charge on any atom is -0.376 e. The Balaban J connectivity index is 1.55. The average Bonchev–Trinajstić information content (AvgIpc) is 3.34. The van der Waals surface area contributed by atoms with Crippen molar-refractivity contribution in [1.29, 1.82) is 0 Å². The molecule has 1 fully saturated rings. The molecule has 28 heavy (non-hydrogen) atoms. The smallest absolute Gasteiger partial charge is 0.255 e. The van der Waals surface area contributed by atoms with E-state index in [-0.39, 0.29) is 17.9 Å². The normalized spacial score (nSPS) is 21.0. The van der Waals surface area contributed by atoms with E-state index >= 15 is 0 Å². The fourth-order valence-electron chi connectivity index (χ4n) is 4.01. The molecule has 146 valence electrons. The van der Waals surface area contributed by atoms with Crippen LogP contribution in [-0.2, 0) is 22.5 Å². The zero-order valence-electron chi connectivity index (χ0n) is 16.2. The Morgan fingerprint density at radius 1 is 1.14 bits per heavy atom. The highest BCUT2D eigenvalue weighted by Gasteiger charge is 2.40. The highest BCUT2D eigenvalue weighted by Crippen LogP contribution is 2.35. The minimum atomic E-state index is -0.601. The van der Waals surface area contributed by atoms with Crippen LogP contribution in [-0.4, -0.2) is 36.0 Å². The van der Waals surface area contributed by atoms with E-state index in [9.17, 15) is 9.59 Å². The quantitative estimate of drug-likeness (QED) is 0.840. The van der Waals surface area contributed by atoms with E-state index in [1.807, 2.05) is 30.3 Å². The molecule has 1 N–H and O–H groups in total. The Kier molecular flexibility index (Phi) is 5.44. The predicted molar refractivity (Wildman–Crippen MR) is 107 cm³/mol. The second-order valence-corrected chi connectivity index (χ2v) is 7.47. The summed E-state index contributed by atoms with van der Waals surface area (Å²) in [7, 11) is 0. The van der Waals surface area contributed by atoms with Gasteiger partial charge in [0, 0.05) is 25.3 Å². The van der Waals surface area contributed by atoms with Gasteiger partial charge in [-0.25, -0.2) is 0 Å². The number of ether oxygens (including phenoxy) is 1. The summed E-state index contributed by atoms with van der Waals surface area (Å²) in [5.41, 5.74) is 3.67. The summed E-state index contributed by atoms with van der Waals surface area (Å²) in [6, 6.07) is 15.0. The van der Waals surface area contributed by atoms with Crippen molar-refractivity contribution < 1.29 is 14.3 Å². The van der Waals surface area contributed by atoms with Gasteiger partial charge >= 0.3 is 0 Å². The first-order valence-corrected chi connectivity index (χ1v) is 10.0. The van der Waals surface area contributed by atoms with E-state index in [0.717, 1.165) is 37.0 Å². The molecule has 2 aliphatic heterocycles. The number of fused-ring (bicyclic) bond motifs is 1. The van der Waals surface area contributed by atoms with E-state index in [4.69, 9.17) is 4.74 Å². The third-order valence-electron chi connectivity index (χ3n) is 5.62. The lowest BCUT2D eigenvalue weighted by molar-refractivity contribution is -0.126. The molecule has 1 saturated heterocycles. The molecule has 0 bridgehead atoms. The number of rotatable bonds is 6. The molecule has 0 spiro atoms. The van der Waals surface area contributed by atoms with Crippen molar-refractivity contribution in [3.63, 3.8) is 0 Å². The standard InChI is InChI=1S/C23H26N2O3/c1-2-16-9-11-17(12-10-16)15-25-21(19-7-3-4-8-20(19)23(25)27)22(26)24-14-18-6-5-13-28-18/h3-4,7-12,18,21H,2,5-6,13-15H2,1H3,(H,24,26)/t18-,21-/m1/s1. The summed E-state index contributed by atoms with van der Waals surface area (Å²) in [6.45, 7) is 3.77. The van der Waals surface area contributed by atoms with Crippen LogP contribution < -0.4 is 5.32 Å². The summed E-state index contributed by atoms with van der Waals surface area (Å²) in [6.07, 6.45) is 3.05. The topological polar surface area (TPSA) is 58.6 Å². The molecular weight excluding hydrogens is 352 g/mol. The van der Waals surface area contributed by atoms with Crippen molar-refractivity contribution >= 4 is 11.8 Å². The van der Waals surface area contributed by atoms with Crippen LogP contribution in [0, 0.1) is 0 Å². The molecule has 0 aromatic heterocycles. The van der Waals surface area contributed by atoms with Gasteiger partial charge in [-0.1, -0.05) is 49.4 Å². The Morgan fingerprint density at radius 3 is 2.61 bits per heavy atom. The van der Waals surface area contributed by atoms with Gasteiger partial charge in [0.05, 0.1) is 6.10 Å². The molecule has 0 saturated carbocycles. The van der Waals surface area contributed by atoms with Crippen LogP contribution in [0.4, 0.5) is 0 Å². The molecule has 0 radical (unpaired) electrons. The number of benzene rings is 2. The lowest BCUT2D eigenvalue weighted by Crippen LogP contribution is -2.41. The molecule has 2 amide bonds. The SMILES string of the molecule is CCc1ccc(CN2C(=O)c3ccccc3[C@@H]2C(=O)NC[C@H]2CCCO2)cc1. The number of hydrogen-bond acceptors (Lipinski definition) is 3. The van der Waals surface area contributed by atoms with E-state index in [1.165, 1.54) is 5.56 Å². The Morgan fingerprint density at radius 2 is 1.89 bits per heavy atom. The molecule has 2 aromatic rings. The van der Waals surface area contributed by atoms with Crippen LogP contribution in [0.15, 0.2) is 48.5 Å². The molecule has 4 rings (SSSR count). The lowest BCUT2D eigenvalue weighted by Gasteiger charge is -2.25. The lowest BCUT2D eigenvalue weighted by atomic mass is 10.0. The van der Waals surface area contributed by atoms with Gasteiger partial charge in [0.1, 0.15) is 6.04 Å². The molecule has 0 aliphatic carbocycles. The van der Waals surface area contributed by atoms with Crippen molar-refractivity contribution in [2.75, 3.05) is 13.2 Å².